The molecule has 0 radical (unpaired) electrons. The molecule has 0 spiro atoms. The molecule has 3 nitrogen and oxygen atoms in total. The normalized spacial score (nSPS) is 10.8. The molecule has 0 fully saturated rings. The summed E-state index contributed by atoms with van der Waals surface area (Å²) in [5.41, 5.74) is 1.25. The number of aromatic nitrogens is 2. The topological polar surface area (TPSA) is 37.8 Å². The van der Waals surface area contributed by atoms with Gasteiger partial charge in [0.1, 0.15) is 16.5 Å². The van der Waals surface area contributed by atoms with Crippen molar-refractivity contribution < 1.29 is 0 Å². The van der Waals surface area contributed by atoms with Crippen LogP contribution in [0.15, 0.2) is 41.8 Å². The average molecular weight is 269 g/mol. The minimum absolute atomic E-state index is 0.784. The maximum absolute atomic E-state index is 4.59. The van der Waals surface area contributed by atoms with E-state index >= 15 is 0 Å². The number of nitrogens with zero attached hydrogens (tertiary/aromatic N) is 2. The molecule has 0 atom stereocenters. The minimum atomic E-state index is 0.784. The Morgan fingerprint density at radius 3 is 2.74 bits per heavy atom. The van der Waals surface area contributed by atoms with Gasteiger partial charge in [0.2, 0.25) is 0 Å². The molecule has 0 bridgehead atoms. The Morgan fingerprint density at radius 2 is 1.95 bits per heavy atom. The molecule has 1 aromatic carbocycles. The molecule has 0 amide bonds. The van der Waals surface area contributed by atoms with Crippen LogP contribution < -0.4 is 5.32 Å². The predicted molar refractivity (Wildman–Crippen MR) is 80.6 cm³/mol. The van der Waals surface area contributed by atoms with Gasteiger partial charge in [-0.1, -0.05) is 37.3 Å². The minimum Gasteiger partial charge on any atom is -0.365 e. The van der Waals surface area contributed by atoms with Gasteiger partial charge >= 0.3 is 0 Å². The fourth-order valence-corrected chi connectivity index (χ4v) is 2.76. The monoisotopic (exact) mass is 269 g/mol. The van der Waals surface area contributed by atoms with Gasteiger partial charge in [0.15, 0.2) is 0 Å². The van der Waals surface area contributed by atoms with Gasteiger partial charge in [0.25, 0.3) is 0 Å². The zero-order valence-corrected chi connectivity index (χ0v) is 11.6. The molecule has 0 aliphatic heterocycles. The predicted octanol–water partition coefficient (Wildman–Crippen LogP) is 3.87. The van der Waals surface area contributed by atoms with E-state index in [4.69, 9.17) is 0 Å². The van der Waals surface area contributed by atoms with Crippen LogP contribution >= 0.6 is 11.3 Å². The van der Waals surface area contributed by atoms with E-state index in [1.807, 2.05) is 6.07 Å². The van der Waals surface area contributed by atoms with Crippen molar-refractivity contribution in [1.29, 1.82) is 0 Å². The van der Waals surface area contributed by atoms with Gasteiger partial charge in [-0.05, 0) is 17.0 Å². The van der Waals surface area contributed by atoms with Crippen molar-refractivity contribution in [1.82, 2.24) is 9.97 Å². The lowest BCUT2D eigenvalue weighted by atomic mass is 10.2. The van der Waals surface area contributed by atoms with Crippen molar-refractivity contribution in [3.63, 3.8) is 0 Å². The Balaban J connectivity index is 1.89. The molecule has 1 N–H and O–H groups in total. The third-order valence-corrected chi connectivity index (χ3v) is 3.80. The summed E-state index contributed by atoms with van der Waals surface area (Å²) in [5, 5.41) is 6.59. The van der Waals surface area contributed by atoms with E-state index in [2.05, 4.69) is 57.9 Å². The number of hydrogen-bond donors (Lipinski definition) is 1. The van der Waals surface area contributed by atoms with Crippen molar-refractivity contribution in [3.05, 3.63) is 53.2 Å². The molecule has 0 saturated carbocycles. The first-order chi connectivity index (χ1) is 9.36. The van der Waals surface area contributed by atoms with Crippen molar-refractivity contribution in [2.45, 2.75) is 19.9 Å². The van der Waals surface area contributed by atoms with Crippen LogP contribution in [0.25, 0.3) is 10.2 Å². The summed E-state index contributed by atoms with van der Waals surface area (Å²) >= 11 is 1.66. The number of thiophene rings is 1. The Morgan fingerprint density at radius 1 is 1.11 bits per heavy atom. The molecule has 0 aliphatic rings. The molecule has 3 rings (SSSR count). The summed E-state index contributed by atoms with van der Waals surface area (Å²) in [5.74, 6) is 1.83. The van der Waals surface area contributed by atoms with Gasteiger partial charge in [-0.2, -0.15) is 0 Å². The molecule has 0 aliphatic carbocycles. The fourth-order valence-electron chi connectivity index (χ4n) is 1.97. The van der Waals surface area contributed by atoms with Crippen LogP contribution in [0.1, 0.15) is 18.3 Å². The van der Waals surface area contributed by atoms with Gasteiger partial charge < -0.3 is 5.32 Å². The third-order valence-electron chi connectivity index (χ3n) is 2.99. The summed E-state index contributed by atoms with van der Waals surface area (Å²) < 4.78 is 0. The van der Waals surface area contributed by atoms with E-state index in [0.29, 0.717) is 0 Å². The number of aryl methyl sites for hydroxylation is 1. The molecule has 96 valence electrons. The highest BCUT2D eigenvalue weighted by molar-refractivity contribution is 7.16. The second kappa shape index (κ2) is 5.36. The van der Waals surface area contributed by atoms with Gasteiger partial charge in [-0.25, -0.2) is 9.97 Å². The molecule has 19 heavy (non-hydrogen) atoms. The molecule has 4 heteroatoms. The van der Waals surface area contributed by atoms with Gasteiger partial charge in [-0.3, -0.25) is 0 Å². The van der Waals surface area contributed by atoms with E-state index in [0.717, 1.165) is 34.8 Å². The number of hydrogen-bond acceptors (Lipinski definition) is 4. The zero-order valence-electron chi connectivity index (χ0n) is 10.8. The number of benzene rings is 1. The third kappa shape index (κ3) is 2.58. The molecule has 2 heterocycles. The lowest BCUT2D eigenvalue weighted by molar-refractivity contribution is 0.957. The van der Waals surface area contributed by atoms with Gasteiger partial charge in [0, 0.05) is 13.0 Å². The summed E-state index contributed by atoms with van der Waals surface area (Å²) in [6.07, 6.45) is 0.855. The number of fused-ring (bicyclic) bond motifs is 1. The van der Waals surface area contributed by atoms with Crippen LogP contribution in [0.2, 0.25) is 0 Å². The van der Waals surface area contributed by atoms with E-state index in [1.54, 1.807) is 11.3 Å². The van der Waals surface area contributed by atoms with E-state index in [-0.39, 0.29) is 0 Å². The number of anilines is 1. The Hall–Kier alpha value is -1.94. The van der Waals surface area contributed by atoms with Crippen LogP contribution in [-0.2, 0) is 13.0 Å². The second-order valence-corrected chi connectivity index (χ2v) is 5.22. The molecule has 2 aromatic heterocycles. The van der Waals surface area contributed by atoms with Crippen LogP contribution in [0, 0.1) is 0 Å². The summed E-state index contributed by atoms with van der Waals surface area (Å²) in [6.45, 7) is 2.86. The first-order valence-corrected chi connectivity index (χ1v) is 7.26. The van der Waals surface area contributed by atoms with Crippen molar-refractivity contribution in [3.8, 4) is 0 Å². The smallest absolute Gasteiger partial charge is 0.138 e. The van der Waals surface area contributed by atoms with Gasteiger partial charge in [0.05, 0.1) is 5.39 Å². The quantitative estimate of drug-likeness (QED) is 0.781. The Kier molecular flexibility index (Phi) is 3.42. The zero-order chi connectivity index (χ0) is 13.1. The maximum atomic E-state index is 4.59. The average Bonchev–Trinajstić information content (AvgIpc) is 2.94. The molecular weight excluding hydrogens is 254 g/mol. The van der Waals surface area contributed by atoms with E-state index in [1.165, 1.54) is 5.56 Å². The summed E-state index contributed by atoms with van der Waals surface area (Å²) in [7, 11) is 0. The van der Waals surface area contributed by atoms with Crippen molar-refractivity contribution >= 4 is 27.4 Å². The van der Waals surface area contributed by atoms with Crippen LogP contribution in [-0.4, -0.2) is 9.97 Å². The van der Waals surface area contributed by atoms with E-state index < -0.39 is 0 Å². The van der Waals surface area contributed by atoms with Crippen LogP contribution in [0.3, 0.4) is 0 Å². The largest absolute Gasteiger partial charge is 0.365 e. The first kappa shape index (κ1) is 12.1. The fraction of sp³-hybridized carbons (Fsp3) is 0.200. The highest BCUT2D eigenvalue weighted by atomic mass is 32.1. The second-order valence-electron chi connectivity index (χ2n) is 4.32. The van der Waals surface area contributed by atoms with Crippen LogP contribution in [0.4, 0.5) is 5.82 Å². The first-order valence-electron chi connectivity index (χ1n) is 6.38. The molecule has 0 saturated heterocycles. The molecule has 0 unspecified atom stereocenters. The molecular formula is C15H15N3S. The summed E-state index contributed by atoms with van der Waals surface area (Å²) in [6, 6.07) is 12.4. The summed E-state index contributed by atoms with van der Waals surface area (Å²) in [4.78, 5) is 10.2. The van der Waals surface area contributed by atoms with E-state index in [9.17, 15) is 0 Å². The maximum Gasteiger partial charge on any atom is 0.138 e. The Labute approximate surface area is 116 Å². The van der Waals surface area contributed by atoms with Crippen molar-refractivity contribution in [2.24, 2.45) is 0 Å². The van der Waals surface area contributed by atoms with Crippen LogP contribution in [0.5, 0.6) is 0 Å². The SMILES string of the molecule is CCc1nc(NCc2ccccc2)c2ccsc2n1. The lowest BCUT2D eigenvalue weighted by Crippen LogP contribution is -2.04. The molecule has 3 aromatic rings. The standard InChI is InChI=1S/C15H15N3S/c1-2-13-17-14(12-8-9-19-15(12)18-13)16-10-11-6-4-3-5-7-11/h3-9H,2,10H2,1H3,(H,16,17,18). The van der Waals surface area contributed by atoms with Gasteiger partial charge in [-0.15, -0.1) is 11.3 Å². The van der Waals surface area contributed by atoms with Crippen molar-refractivity contribution in [2.75, 3.05) is 5.32 Å². The number of nitrogens with one attached hydrogen (secondary N) is 1. The Bertz CT molecular complexity index is 676. The number of rotatable bonds is 4. The highest BCUT2D eigenvalue weighted by Gasteiger charge is 2.07. The lowest BCUT2D eigenvalue weighted by Gasteiger charge is -2.08. The highest BCUT2D eigenvalue weighted by Crippen LogP contribution is 2.25.